The van der Waals surface area contributed by atoms with Gasteiger partial charge in [0.15, 0.2) is 0 Å². The molecule has 0 aliphatic rings. The zero-order chi connectivity index (χ0) is 37.6. The van der Waals surface area contributed by atoms with E-state index in [9.17, 15) is 0 Å². The van der Waals surface area contributed by atoms with Gasteiger partial charge in [-0.05, 0) is 135 Å². The molecule has 0 unspecified atom stereocenters. The third-order valence-corrected chi connectivity index (χ3v) is 11.5. The van der Waals surface area contributed by atoms with Crippen LogP contribution in [0.1, 0.15) is 62.1 Å². The Kier molecular flexibility index (Phi) is 10.9. The number of benzene rings is 8. The van der Waals surface area contributed by atoms with E-state index in [0.717, 1.165) is 23.5 Å². The average molecular weight is 714 g/mol. The van der Waals surface area contributed by atoms with E-state index in [4.69, 9.17) is 0 Å². The minimum atomic E-state index is 1.13. The summed E-state index contributed by atoms with van der Waals surface area (Å²) < 4.78 is 0. The van der Waals surface area contributed by atoms with Crippen LogP contribution in [0, 0.1) is 13.8 Å². The minimum Gasteiger partial charge on any atom is -0.311 e. The smallest absolute Gasteiger partial charge is 0.0462 e. The Hall–Kier alpha value is -5.92. The highest BCUT2D eigenvalue weighted by Gasteiger charge is 2.16. The lowest BCUT2D eigenvalue weighted by atomic mass is 9.89. The van der Waals surface area contributed by atoms with Gasteiger partial charge in [-0.2, -0.15) is 0 Å². The van der Waals surface area contributed by atoms with Crippen LogP contribution in [-0.2, 0) is 6.42 Å². The van der Waals surface area contributed by atoms with Gasteiger partial charge in [0.2, 0.25) is 0 Å². The molecule has 8 aromatic rings. The van der Waals surface area contributed by atoms with Crippen LogP contribution in [0.4, 0.5) is 17.1 Å². The third-order valence-electron chi connectivity index (χ3n) is 11.5. The number of aryl methyl sites for hydroxylation is 3. The Morgan fingerprint density at radius 1 is 0.382 bits per heavy atom. The van der Waals surface area contributed by atoms with Crippen molar-refractivity contribution in [1.29, 1.82) is 0 Å². The highest BCUT2D eigenvalue weighted by Crippen LogP contribution is 2.40. The first-order valence-corrected chi connectivity index (χ1v) is 20.2. The summed E-state index contributed by atoms with van der Waals surface area (Å²) in [6, 6.07) is 62.6. The highest BCUT2D eigenvalue weighted by atomic mass is 15.1. The summed E-state index contributed by atoms with van der Waals surface area (Å²) in [6.07, 6.45) is 9.02. The van der Waals surface area contributed by atoms with Crippen molar-refractivity contribution in [1.82, 2.24) is 0 Å². The van der Waals surface area contributed by atoms with Gasteiger partial charge in [-0.25, -0.2) is 0 Å². The fourth-order valence-electron chi connectivity index (χ4n) is 8.33. The molecule has 1 heteroatoms. The topological polar surface area (TPSA) is 3.24 Å². The molecular formula is C54H51N. The van der Waals surface area contributed by atoms with E-state index in [0.29, 0.717) is 0 Å². The van der Waals surface area contributed by atoms with Crippen LogP contribution in [-0.4, -0.2) is 0 Å². The molecule has 0 aromatic heterocycles. The zero-order valence-corrected chi connectivity index (χ0v) is 32.6. The predicted molar refractivity (Wildman–Crippen MR) is 239 cm³/mol. The van der Waals surface area contributed by atoms with Gasteiger partial charge in [0.25, 0.3) is 0 Å². The normalized spacial score (nSPS) is 11.3. The molecule has 8 rings (SSSR count). The standard InChI is InChI=1S/C54H51N/c1-4-5-6-7-8-10-19-45-38-54(53-23-16-14-21-50(53)40(45)3)44-29-35-48(36-30-44)55(46-31-25-42(26-32-46)41-17-11-9-12-18-41)47-33-27-43(28-34-47)51-37-24-39(2)49-20-13-15-22-52(49)51/h9,11-18,20-38H,4-8,10,19H2,1-3H3. The van der Waals surface area contributed by atoms with Gasteiger partial charge in [0, 0.05) is 17.1 Å². The van der Waals surface area contributed by atoms with Crippen LogP contribution in [0.25, 0.3) is 54.9 Å². The monoisotopic (exact) mass is 713 g/mol. The van der Waals surface area contributed by atoms with Crippen LogP contribution >= 0.6 is 0 Å². The summed E-state index contributed by atoms with van der Waals surface area (Å²) >= 11 is 0. The molecule has 0 N–H and O–H groups in total. The summed E-state index contributed by atoms with van der Waals surface area (Å²) in [4.78, 5) is 2.38. The van der Waals surface area contributed by atoms with Gasteiger partial charge in [-0.3, -0.25) is 0 Å². The van der Waals surface area contributed by atoms with Crippen LogP contribution in [0.2, 0.25) is 0 Å². The van der Waals surface area contributed by atoms with E-state index in [1.54, 1.807) is 0 Å². The van der Waals surface area contributed by atoms with Crippen molar-refractivity contribution in [2.24, 2.45) is 0 Å². The molecule has 0 fully saturated rings. The molecule has 8 aromatic carbocycles. The minimum absolute atomic E-state index is 1.13. The second-order valence-corrected chi connectivity index (χ2v) is 15.1. The van der Waals surface area contributed by atoms with Crippen molar-refractivity contribution < 1.29 is 0 Å². The average Bonchev–Trinajstić information content (AvgIpc) is 3.24. The van der Waals surface area contributed by atoms with Gasteiger partial charge in [0.1, 0.15) is 0 Å². The summed E-state index contributed by atoms with van der Waals surface area (Å²) in [5.74, 6) is 0. The van der Waals surface area contributed by atoms with Crippen molar-refractivity contribution in [3.05, 3.63) is 187 Å². The molecule has 272 valence electrons. The maximum Gasteiger partial charge on any atom is 0.0462 e. The Bertz CT molecular complexity index is 2510. The summed E-state index contributed by atoms with van der Waals surface area (Å²) in [5.41, 5.74) is 15.1. The van der Waals surface area contributed by atoms with Gasteiger partial charge in [-0.1, -0.05) is 172 Å². The number of hydrogen-bond donors (Lipinski definition) is 0. The molecule has 0 aliphatic heterocycles. The summed E-state index contributed by atoms with van der Waals surface area (Å²) in [7, 11) is 0. The van der Waals surface area contributed by atoms with E-state index in [1.807, 2.05) is 0 Å². The van der Waals surface area contributed by atoms with E-state index in [-0.39, 0.29) is 0 Å². The van der Waals surface area contributed by atoms with Gasteiger partial charge in [-0.15, -0.1) is 0 Å². The Morgan fingerprint density at radius 3 is 1.47 bits per heavy atom. The van der Waals surface area contributed by atoms with Gasteiger partial charge >= 0.3 is 0 Å². The van der Waals surface area contributed by atoms with Crippen LogP contribution in [0.3, 0.4) is 0 Å². The molecule has 0 aliphatic carbocycles. The Morgan fingerprint density at radius 2 is 0.855 bits per heavy atom. The number of fused-ring (bicyclic) bond motifs is 2. The Balaban J connectivity index is 1.15. The number of anilines is 3. The number of hydrogen-bond acceptors (Lipinski definition) is 1. The predicted octanol–water partition coefficient (Wildman–Crippen LogP) is 16.0. The van der Waals surface area contributed by atoms with Crippen molar-refractivity contribution in [3.63, 3.8) is 0 Å². The van der Waals surface area contributed by atoms with Crippen LogP contribution in [0.5, 0.6) is 0 Å². The molecule has 0 amide bonds. The fraction of sp³-hybridized carbons (Fsp3) is 0.185. The number of nitrogens with zero attached hydrogens (tertiary/aromatic N) is 1. The lowest BCUT2D eigenvalue weighted by Gasteiger charge is -2.26. The van der Waals surface area contributed by atoms with E-state index in [2.05, 4.69) is 196 Å². The quantitative estimate of drug-likeness (QED) is 0.108. The van der Waals surface area contributed by atoms with Crippen molar-refractivity contribution >= 4 is 38.6 Å². The molecule has 0 radical (unpaired) electrons. The van der Waals surface area contributed by atoms with Crippen molar-refractivity contribution in [3.8, 4) is 33.4 Å². The highest BCUT2D eigenvalue weighted by molar-refractivity contribution is 6.00. The lowest BCUT2D eigenvalue weighted by molar-refractivity contribution is 0.607. The maximum absolute atomic E-state index is 2.48. The van der Waals surface area contributed by atoms with Crippen LogP contribution < -0.4 is 4.90 Å². The molecule has 0 saturated heterocycles. The Labute approximate surface area is 327 Å². The molecule has 55 heavy (non-hydrogen) atoms. The molecule has 0 saturated carbocycles. The fourth-order valence-corrected chi connectivity index (χ4v) is 8.33. The molecule has 0 atom stereocenters. The molecule has 1 nitrogen and oxygen atoms in total. The zero-order valence-electron chi connectivity index (χ0n) is 32.6. The third kappa shape index (κ3) is 7.71. The van der Waals surface area contributed by atoms with Crippen molar-refractivity contribution in [2.45, 2.75) is 65.7 Å². The van der Waals surface area contributed by atoms with Gasteiger partial charge in [0.05, 0.1) is 0 Å². The second-order valence-electron chi connectivity index (χ2n) is 15.1. The van der Waals surface area contributed by atoms with Crippen LogP contribution in [0.15, 0.2) is 170 Å². The SMILES string of the molecule is CCCCCCCCc1cc(-c2ccc(N(c3ccc(-c4ccccc4)cc3)c3ccc(-c4ccc(C)c5ccccc45)cc3)cc2)c2ccccc2c1C. The van der Waals surface area contributed by atoms with E-state index < -0.39 is 0 Å². The first kappa shape index (κ1) is 36.1. The van der Waals surface area contributed by atoms with E-state index in [1.165, 1.54) is 110 Å². The van der Waals surface area contributed by atoms with Crippen molar-refractivity contribution in [2.75, 3.05) is 4.90 Å². The largest absolute Gasteiger partial charge is 0.311 e. The maximum atomic E-state index is 2.48. The first-order chi connectivity index (χ1) is 27.1. The first-order valence-electron chi connectivity index (χ1n) is 20.2. The molecule has 0 spiro atoms. The molecule has 0 heterocycles. The van der Waals surface area contributed by atoms with E-state index >= 15 is 0 Å². The summed E-state index contributed by atoms with van der Waals surface area (Å²) in [6.45, 7) is 6.80. The number of unbranched alkanes of at least 4 members (excludes halogenated alkanes) is 5. The summed E-state index contributed by atoms with van der Waals surface area (Å²) in [5, 5.41) is 5.29. The number of rotatable bonds is 13. The lowest BCUT2D eigenvalue weighted by Crippen LogP contribution is -2.09. The molecule has 0 bridgehead atoms. The second kappa shape index (κ2) is 16.6. The molecular weight excluding hydrogens is 663 g/mol. The van der Waals surface area contributed by atoms with Gasteiger partial charge < -0.3 is 4.90 Å².